The lowest BCUT2D eigenvalue weighted by atomic mass is 10.1. The Balaban J connectivity index is 0.000000377. The van der Waals surface area contributed by atoms with Crippen LogP contribution in [0.5, 0.6) is 0 Å². The predicted molar refractivity (Wildman–Crippen MR) is 121 cm³/mol. The van der Waals surface area contributed by atoms with E-state index in [1.54, 1.807) is 0 Å². The summed E-state index contributed by atoms with van der Waals surface area (Å²) in [5.74, 6) is -7.30. The standard InChI is InChI=1S/C18H21ClN2.2C2H2O4/c1-15-2-8-18(9-3-15)21-12-10-20(11-13-21)14-16-4-6-17(19)7-5-16;2*3-1(4)2(5)6/h2-9H,10-14H2,1H3;2*(H,3,4)(H,5,6). The largest absolute Gasteiger partial charge is 0.473 e. The van der Waals surface area contributed by atoms with E-state index < -0.39 is 23.9 Å². The number of halogens is 1. The second kappa shape index (κ2) is 13.7. The number of carboxylic acids is 4. The number of aliphatic carboxylic acids is 4. The number of rotatable bonds is 3. The van der Waals surface area contributed by atoms with Crippen molar-refractivity contribution in [1.29, 1.82) is 0 Å². The molecule has 0 atom stereocenters. The molecule has 1 fully saturated rings. The second-order valence-electron chi connectivity index (χ2n) is 6.95. The Morgan fingerprint density at radius 3 is 1.55 bits per heavy atom. The molecule has 178 valence electrons. The van der Waals surface area contributed by atoms with Crippen molar-refractivity contribution < 1.29 is 39.6 Å². The van der Waals surface area contributed by atoms with Crippen LogP contribution in [0.25, 0.3) is 0 Å². The number of benzene rings is 2. The van der Waals surface area contributed by atoms with Gasteiger partial charge in [-0.05, 0) is 36.8 Å². The predicted octanol–water partition coefficient (Wildman–Crippen LogP) is 2.28. The van der Waals surface area contributed by atoms with Crippen molar-refractivity contribution in [2.75, 3.05) is 31.1 Å². The quantitative estimate of drug-likeness (QED) is 0.480. The molecule has 1 aliphatic heterocycles. The van der Waals surface area contributed by atoms with E-state index in [9.17, 15) is 0 Å². The van der Waals surface area contributed by atoms with Crippen molar-refractivity contribution in [3.8, 4) is 0 Å². The molecule has 2 aromatic carbocycles. The van der Waals surface area contributed by atoms with Crippen LogP contribution >= 0.6 is 11.6 Å². The van der Waals surface area contributed by atoms with Crippen LogP contribution in [0.3, 0.4) is 0 Å². The topological polar surface area (TPSA) is 156 Å². The van der Waals surface area contributed by atoms with E-state index in [-0.39, 0.29) is 0 Å². The highest BCUT2D eigenvalue weighted by Gasteiger charge is 2.17. The van der Waals surface area contributed by atoms with Gasteiger partial charge in [-0.1, -0.05) is 41.4 Å². The highest BCUT2D eigenvalue weighted by atomic mass is 35.5. The molecule has 33 heavy (non-hydrogen) atoms. The van der Waals surface area contributed by atoms with Gasteiger partial charge in [0.05, 0.1) is 0 Å². The SMILES string of the molecule is Cc1ccc(N2CCN(Cc3ccc(Cl)cc3)CC2)cc1.O=C(O)C(=O)O.O=C(O)C(=O)O. The lowest BCUT2D eigenvalue weighted by molar-refractivity contribution is -0.159. The van der Waals surface area contributed by atoms with Gasteiger partial charge in [0, 0.05) is 43.4 Å². The third-order valence-electron chi connectivity index (χ3n) is 4.46. The molecule has 11 heteroatoms. The van der Waals surface area contributed by atoms with Gasteiger partial charge in [-0.3, -0.25) is 4.90 Å². The summed E-state index contributed by atoms with van der Waals surface area (Å²) in [6, 6.07) is 17.0. The smallest absolute Gasteiger partial charge is 0.414 e. The van der Waals surface area contributed by atoms with E-state index in [1.165, 1.54) is 16.8 Å². The zero-order valence-electron chi connectivity index (χ0n) is 17.8. The normalized spacial score (nSPS) is 13.0. The van der Waals surface area contributed by atoms with Crippen molar-refractivity contribution in [1.82, 2.24) is 4.90 Å². The summed E-state index contributed by atoms with van der Waals surface area (Å²) >= 11 is 5.93. The van der Waals surface area contributed by atoms with Gasteiger partial charge in [0.1, 0.15) is 0 Å². The van der Waals surface area contributed by atoms with Gasteiger partial charge in [-0.15, -0.1) is 0 Å². The number of piperazine rings is 1. The molecule has 1 aliphatic rings. The van der Waals surface area contributed by atoms with E-state index >= 15 is 0 Å². The molecule has 10 nitrogen and oxygen atoms in total. The van der Waals surface area contributed by atoms with Crippen LogP contribution in [-0.4, -0.2) is 75.4 Å². The third-order valence-corrected chi connectivity index (χ3v) is 4.71. The first-order valence-electron chi connectivity index (χ1n) is 9.70. The van der Waals surface area contributed by atoms with Crippen molar-refractivity contribution in [2.45, 2.75) is 13.5 Å². The maximum absolute atomic E-state index is 9.10. The van der Waals surface area contributed by atoms with Crippen molar-refractivity contribution in [2.24, 2.45) is 0 Å². The van der Waals surface area contributed by atoms with Gasteiger partial charge < -0.3 is 25.3 Å². The molecule has 2 aromatic rings. The minimum Gasteiger partial charge on any atom is -0.473 e. The van der Waals surface area contributed by atoms with Crippen LogP contribution in [-0.2, 0) is 25.7 Å². The van der Waals surface area contributed by atoms with Gasteiger partial charge in [0.15, 0.2) is 0 Å². The van der Waals surface area contributed by atoms with Gasteiger partial charge in [0.25, 0.3) is 0 Å². The van der Waals surface area contributed by atoms with Crippen LogP contribution in [0.15, 0.2) is 48.5 Å². The average Bonchev–Trinajstić information content (AvgIpc) is 2.77. The van der Waals surface area contributed by atoms with Gasteiger partial charge in [-0.25, -0.2) is 19.2 Å². The van der Waals surface area contributed by atoms with E-state index in [0.717, 1.165) is 37.7 Å². The maximum Gasteiger partial charge on any atom is 0.414 e. The molecule has 0 spiro atoms. The molecular formula is C22H25ClN2O8. The molecule has 0 unspecified atom stereocenters. The molecule has 0 bridgehead atoms. The molecule has 1 saturated heterocycles. The first-order valence-corrected chi connectivity index (χ1v) is 10.1. The summed E-state index contributed by atoms with van der Waals surface area (Å²) in [4.78, 5) is 41.4. The highest BCUT2D eigenvalue weighted by molar-refractivity contribution is 6.30. The van der Waals surface area contributed by atoms with E-state index in [2.05, 4.69) is 53.1 Å². The number of aryl methyl sites for hydroxylation is 1. The highest BCUT2D eigenvalue weighted by Crippen LogP contribution is 2.18. The average molecular weight is 481 g/mol. The zero-order valence-corrected chi connectivity index (χ0v) is 18.6. The zero-order chi connectivity index (χ0) is 25.0. The Labute approximate surface area is 195 Å². The fourth-order valence-electron chi connectivity index (χ4n) is 2.77. The fourth-order valence-corrected chi connectivity index (χ4v) is 2.89. The Bertz CT molecular complexity index is 892. The summed E-state index contributed by atoms with van der Waals surface area (Å²) < 4.78 is 0. The second-order valence-corrected chi connectivity index (χ2v) is 7.38. The Kier molecular flexibility index (Phi) is 11.4. The third kappa shape index (κ3) is 11.0. The summed E-state index contributed by atoms with van der Waals surface area (Å²) in [5.41, 5.74) is 4.00. The van der Waals surface area contributed by atoms with Crippen molar-refractivity contribution >= 4 is 41.2 Å². The van der Waals surface area contributed by atoms with Crippen LogP contribution in [0.1, 0.15) is 11.1 Å². The number of carbonyl (C=O) groups is 4. The minimum atomic E-state index is -1.82. The molecule has 0 radical (unpaired) electrons. The molecule has 0 aliphatic carbocycles. The molecule has 4 N–H and O–H groups in total. The van der Waals surface area contributed by atoms with Crippen LogP contribution in [0.4, 0.5) is 5.69 Å². The monoisotopic (exact) mass is 480 g/mol. The van der Waals surface area contributed by atoms with Crippen molar-refractivity contribution in [3.63, 3.8) is 0 Å². The van der Waals surface area contributed by atoms with Gasteiger partial charge in [-0.2, -0.15) is 0 Å². The number of carboxylic acid groups (broad SMARTS) is 4. The number of nitrogens with zero attached hydrogens (tertiary/aromatic N) is 2. The first kappa shape index (κ1) is 27.4. The Morgan fingerprint density at radius 1 is 0.727 bits per heavy atom. The summed E-state index contributed by atoms with van der Waals surface area (Å²) in [6.45, 7) is 7.55. The van der Waals surface area contributed by atoms with Crippen molar-refractivity contribution in [3.05, 3.63) is 64.7 Å². The molecule has 0 amide bonds. The molecule has 0 aromatic heterocycles. The molecule has 3 rings (SSSR count). The maximum atomic E-state index is 9.10. The van der Waals surface area contributed by atoms with E-state index in [0.29, 0.717) is 0 Å². The molecule has 0 saturated carbocycles. The summed E-state index contributed by atoms with van der Waals surface area (Å²) in [6.07, 6.45) is 0. The van der Waals surface area contributed by atoms with Crippen LogP contribution in [0, 0.1) is 6.92 Å². The Morgan fingerprint density at radius 2 is 1.15 bits per heavy atom. The van der Waals surface area contributed by atoms with E-state index in [4.69, 9.17) is 51.2 Å². The summed E-state index contributed by atoms with van der Waals surface area (Å²) in [7, 11) is 0. The van der Waals surface area contributed by atoms with E-state index in [1.807, 2.05) is 12.1 Å². The van der Waals surface area contributed by atoms with Crippen LogP contribution < -0.4 is 4.90 Å². The van der Waals surface area contributed by atoms with Crippen LogP contribution in [0.2, 0.25) is 5.02 Å². The Hall–Kier alpha value is -3.63. The number of hydrogen-bond acceptors (Lipinski definition) is 6. The van der Waals surface area contributed by atoms with Gasteiger partial charge in [0.2, 0.25) is 0 Å². The lowest BCUT2D eigenvalue weighted by Gasteiger charge is -2.36. The first-order chi connectivity index (χ1) is 15.5. The molecular weight excluding hydrogens is 456 g/mol. The molecule has 1 heterocycles. The number of hydrogen-bond donors (Lipinski definition) is 4. The number of anilines is 1. The fraction of sp³-hybridized carbons (Fsp3) is 0.273. The minimum absolute atomic E-state index is 0.808. The van der Waals surface area contributed by atoms with Gasteiger partial charge >= 0.3 is 23.9 Å². The summed E-state index contributed by atoms with van der Waals surface area (Å²) in [5, 5.41) is 30.4. The lowest BCUT2D eigenvalue weighted by Crippen LogP contribution is -2.45.